The molecule has 5 heterocycles. The molecule has 2 unspecified atom stereocenters. The molecule has 5 N–H and O–H groups in total. The molecule has 2 atom stereocenters. The number of nitrogens with one attached hydrogen (secondary N) is 1. The molecule has 2 saturated heterocycles. The smallest absolute Gasteiger partial charge is 0.255 e. The van der Waals surface area contributed by atoms with Crippen LogP contribution in [0.2, 0.25) is 0 Å². The number of benzene rings is 3. The van der Waals surface area contributed by atoms with Crippen LogP contribution in [-0.2, 0) is 20.9 Å². The summed E-state index contributed by atoms with van der Waals surface area (Å²) in [5, 5.41) is 8.37. The average molecular weight is 856 g/mol. The molecule has 0 bridgehead atoms. The van der Waals surface area contributed by atoms with Crippen molar-refractivity contribution < 1.29 is 28.7 Å². The fourth-order valence-corrected chi connectivity index (χ4v) is 9.50. The molecule has 8 rings (SSSR count). The number of unbranched alkanes of at least 4 members (excludes halogenated alkanes) is 3. The van der Waals surface area contributed by atoms with Crippen molar-refractivity contribution in [3.8, 4) is 22.8 Å². The van der Waals surface area contributed by atoms with Crippen LogP contribution < -0.4 is 21.5 Å². The molecule has 0 saturated carbocycles. The fourth-order valence-electron chi connectivity index (χ4n) is 9.50. The van der Waals surface area contributed by atoms with Gasteiger partial charge in [0.25, 0.3) is 17.7 Å². The third-order valence-electron chi connectivity index (χ3n) is 12.9. The van der Waals surface area contributed by atoms with E-state index < -0.39 is 11.9 Å². The van der Waals surface area contributed by atoms with Crippen LogP contribution >= 0.6 is 0 Å². The van der Waals surface area contributed by atoms with Crippen molar-refractivity contribution in [2.24, 2.45) is 11.7 Å². The predicted octanol–water partition coefficient (Wildman–Crippen LogP) is 5.84. The Morgan fingerprint density at radius 2 is 1.65 bits per heavy atom. The van der Waals surface area contributed by atoms with E-state index in [1.54, 1.807) is 29.2 Å². The zero-order valence-electron chi connectivity index (χ0n) is 35.9. The lowest BCUT2D eigenvalue weighted by molar-refractivity contribution is -0.152. The molecule has 0 aliphatic carbocycles. The van der Waals surface area contributed by atoms with Gasteiger partial charge in [-0.15, -0.1) is 0 Å². The second-order valence-electron chi connectivity index (χ2n) is 17.1. The standard InChI is InChI=1S/C48H57N9O6/c1-53(26-7-2-3-8-28-55-42(59)21-20-40(48(55)62)56-31-37-36(47(56)61)13-9-14-38(37)49)27-10-15-41(58)54-29-23-32(24-30-54)39-22-25-51-46-43(45(50)60)44(52-57(39)46)33-16-18-35(19-17-33)63-34-11-5-4-6-12-34/h4-6,9-19,32,39-40,51H,2-3,7-8,20-31,49H2,1H3,(H2,50,60). The number of nitrogen functional groups attached to an aromatic ring is 1. The highest BCUT2D eigenvalue weighted by Gasteiger charge is 2.43. The first-order chi connectivity index (χ1) is 30.6. The summed E-state index contributed by atoms with van der Waals surface area (Å²) < 4.78 is 7.91. The van der Waals surface area contributed by atoms with Crippen molar-refractivity contribution in [3.05, 3.63) is 102 Å². The van der Waals surface area contributed by atoms with Gasteiger partial charge in [0.15, 0.2) is 0 Å². The number of likely N-dealkylation sites (tertiary alicyclic amines) is 2. The molecular weight excluding hydrogens is 799 g/mol. The number of hydrogen-bond donors (Lipinski definition) is 3. The molecule has 4 aliphatic rings. The van der Waals surface area contributed by atoms with Crippen molar-refractivity contribution >= 4 is 41.0 Å². The summed E-state index contributed by atoms with van der Waals surface area (Å²) in [5.74, 6) is 1.15. The summed E-state index contributed by atoms with van der Waals surface area (Å²) in [6.45, 7) is 4.14. The Labute approximate surface area is 368 Å². The van der Waals surface area contributed by atoms with E-state index in [1.807, 2.05) is 77.3 Å². The number of anilines is 2. The van der Waals surface area contributed by atoms with Gasteiger partial charge in [-0.3, -0.25) is 28.9 Å². The van der Waals surface area contributed by atoms with Crippen molar-refractivity contribution in [1.29, 1.82) is 0 Å². The first kappa shape index (κ1) is 43.2. The molecule has 330 valence electrons. The number of rotatable bonds is 16. The highest BCUT2D eigenvalue weighted by atomic mass is 16.5. The van der Waals surface area contributed by atoms with Crippen molar-refractivity contribution in [2.45, 2.75) is 76.4 Å². The third kappa shape index (κ3) is 9.48. The number of imide groups is 1. The summed E-state index contributed by atoms with van der Waals surface area (Å²) in [5.41, 5.74) is 15.6. The number of para-hydroxylation sites is 1. The number of carbonyl (C=O) groups is 5. The number of hydrogen-bond acceptors (Lipinski definition) is 10. The number of nitrogens with zero attached hydrogens (tertiary/aromatic N) is 6. The SMILES string of the molecule is CN(CC=CC(=O)N1CCC(C2CCNc3c(C(N)=O)c(-c4ccc(Oc5ccccc5)cc4)nn32)CC1)CCCCCCN1C(=O)CCC(N2Cc3c(N)cccc3C2=O)C1=O. The Bertz CT molecular complexity index is 2350. The summed E-state index contributed by atoms with van der Waals surface area (Å²) in [7, 11) is 2.03. The molecule has 1 aromatic heterocycles. The molecule has 4 aromatic rings. The minimum atomic E-state index is -0.653. The quantitative estimate of drug-likeness (QED) is 0.0535. The minimum absolute atomic E-state index is 0.0109. The number of fused-ring (bicyclic) bond motifs is 2. The molecule has 0 spiro atoms. The zero-order chi connectivity index (χ0) is 44.0. The van der Waals surface area contributed by atoms with Gasteiger partial charge in [-0.25, -0.2) is 4.68 Å². The first-order valence-corrected chi connectivity index (χ1v) is 22.2. The number of piperidine rings is 2. The lowest BCUT2D eigenvalue weighted by atomic mass is 9.87. The van der Waals surface area contributed by atoms with E-state index in [0.717, 1.165) is 61.9 Å². The summed E-state index contributed by atoms with van der Waals surface area (Å²) in [6, 6.07) is 21.7. The number of likely N-dealkylation sites (N-methyl/N-ethyl adjacent to an activating group) is 1. The average Bonchev–Trinajstić information content (AvgIpc) is 3.85. The zero-order valence-corrected chi connectivity index (χ0v) is 35.9. The molecule has 0 radical (unpaired) electrons. The molecule has 4 aliphatic heterocycles. The molecule has 63 heavy (non-hydrogen) atoms. The van der Waals surface area contributed by atoms with Crippen LogP contribution in [0.25, 0.3) is 11.3 Å². The second kappa shape index (κ2) is 19.3. The number of ether oxygens (including phenoxy) is 1. The molecular formula is C48H57N9O6. The fraction of sp³-hybridized carbons (Fsp3) is 0.417. The molecule has 2 fully saturated rings. The van der Waals surface area contributed by atoms with Crippen LogP contribution in [-0.4, -0.2) is 111 Å². The minimum Gasteiger partial charge on any atom is -0.457 e. The first-order valence-electron chi connectivity index (χ1n) is 22.2. The van der Waals surface area contributed by atoms with Gasteiger partial charge in [0.2, 0.25) is 11.8 Å². The van der Waals surface area contributed by atoms with Gasteiger partial charge in [-0.05, 0) is 107 Å². The van der Waals surface area contributed by atoms with Gasteiger partial charge in [0, 0.05) is 74.1 Å². The Morgan fingerprint density at radius 1 is 0.905 bits per heavy atom. The summed E-state index contributed by atoms with van der Waals surface area (Å²) >= 11 is 0. The number of aromatic nitrogens is 2. The highest BCUT2D eigenvalue weighted by Crippen LogP contribution is 2.40. The maximum absolute atomic E-state index is 13.4. The van der Waals surface area contributed by atoms with E-state index in [9.17, 15) is 24.0 Å². The van der Waals surface area contributed by atoms with E-state index in [1.165, 1.54) is 4.90 Å². The van der Waals surface area contributed by atoms with Crippen LogP contribution in [0.5, 0.6) is 11.5 Å². The maximum atomic E-state index is 13.4. The lowest BCUT2D eigenvalue weighted by Gasteiger charge is -2.38. The van der Waals surface area contributed by atoms with E-state index in [4.69, 9.17) is 21.3 Å². The molecule has 5 amide bonds. The van der Waals surface area contributed by atoms with E-state index in [2.05, 4.69) is 10.2 Å². The van der Waals surface area contributed by atoms with Gasteiger partial charge in [0.05, 0.1) is 6.04 Å². The van der Waals surface area contributed by atoms with Crippen LogP contribution in [0.4, 0.5) is 11.5 Å². The normalized spacial score (nSPS) is 19.1. The van der Waals surface area contributed by atoms with E-state index >= 15 is 0 Å². The van der Waals surface area contributed by atoms with Crippen LogP contribution in [0.15, 0.2) is 84.9 Å². The Hall–Kier alpha value is -6.48. The van der Waals surface area contributed by atoms with Gasteiger partial charge in [-0.2, -0.15) is 5.10 Å². The topological polar surface area (TPSA) is 189 Å². The Morgan fingerprint density at radius 3 is 2.40 bits per heavy atom. The van der Waals surface area contributed by atoms with Gasteiger partial charge >= 0.3 is 0 Å². The molecule has 15 heteroatoms. The Kier molecular flexibility index (Phi) is 13.2. The second-order valence-corrected chi connectivity index (χ2v) is 17.1. The van der Waals surface area contributed by atoms with Crippen molar-refractivity contribution in [1.82, 2.24) is 29.4 Å². The monoisotopic (exact) mass is 855 g/mol. The van der Waals surface area contributed by atoms with Crippen molar-refractivity contribution in [2.75, 3.05) is 57.4 Å². The van der Waals surface area contributed by atoms with Crippen molar-refractivity contribution in [3.63, 3.8) is 0 Å². The maximum Gasteiger partial charge on any atom is 0.255 e. The van der Waals surface area contributed by atoms with Gasteiger partial charge in [-0.1, -0.05) is 43.2 Å². The number of nitrogens with two attached hydrogens (primary N) is 2. The molecule has 15 nitrogen and oxygen atoms in total. The summed E-state index contributed by atoms with van der Waals surface area (Å²) in [4.78, 5) is 72.3. The van der Waals surface area contributed by atoms with Gasteiger partial charge < -0.3 is 36.2 Å². The van der Waals surface area contributed by atoms with E-state index in [0.29, 0.717) is 79.6 Å². The highest BCUT2D eigenvalue weighted by molar-refractivity contribution is 6.06. The summed E-state index contributed by atoms with van der Waals surface area (Å²) in [6.07, 6.45) is 10.2. The third-order valence-corrected chi connectivity index (χ3v) is 12.9. The van der Waals surface area contributed by atoms with E-state index in [-0.39, 0.29) is 48.6 Å². The van der Waals surface area contributed by atoms with Crippen LogP contribution in [0.3, 0.4) is 0 Å². The van der Waals surface area contributed by atoms with Crippen LogP contribution in [0, 0.1) is 5.92 Å². The largest absolute Gasteiger partial charge is 0.457 e. The number of primary amides is 1. The predicted molar refractivity (Wildman–Crippen MR) is 240 cm³/mol. The number of carbonyl (C=O) groups excluding carboxylic acids is 5. The lowest BCUT2D eigenvalue weighted by Crippen LogP contribution is -2.54. The van der Waals surface area contributed by atoms with Crippen LogP contribution in [0.1, 0.15) is 90.1 Å². The number of amides is 5. The Balaban J connectivity index is 0.752. The molecule has 3 aromatic carbocycles. The van der Waals surface area contributed by atoms with Gasteiger partial charge in [0.1, 0.15) is 34.6 Å².